The first-order valence-corrected chi connectivity index (χ1v) is 12.8. The molecule has 2 aromatic carbocycles. The van der Waals surface area contributed by atoms with E-state index in [0.29, 0.717) is 43.4 Å². The third-order valence-electron chi connectivity index (χ3n) is 6.22. The van der Waals surface area contributed by atoms with Crippen molar-refractivity contribution < 1.29 is 28.8 Å². The molecule has 198 valence electrons. The van der Waals surface area contributed by atoms with Gasteiger partial charge in [0.25, 0.3) is 10.5 Å². The van der Waals surface area contributed by atoms with E-state index in [4.69, 9.17) is 19.1 Å². The standard InChI is InChI=1S/C28H24N3O7S/c1-4-37-27(33)24-16(2)29-28-30(25(24)20-7-5-6-8-22(20)36-3)26(32)23(39-28)15-19-13-14-21(38-19)17-9-11-18(12-10-17)31(34)35/h5-15,25H,4H2,1-3H3,(H,34,35)/q+1/b23-15+. The number of carbonyl (C=O) groups excluding carboxylic acids is 1. The molecule has 4 aromatic rings. The Balaban J connectivity index is 1.62. The first-order valence-electron chi connectivity index (χ1n) is 12.0. The Morgan fingerprint density at radius 3 is 2.62 bits per heavy atom. The van der Waals surface area contributed by atoms with Gasteiger partial charge in [0.15, 0.2) is 4.80 Å². The van der Waals surface area contributed by atoms with E-state index in [1.54, 1.807) is 50.3 Å². The smallest absolute Gasteiger partial charge is 0.338 e. The molecule has 3 heterocycles. The first-order chi connectivity index (χ1) is 18.8. The lowest BCUT2D eigenvalue weighted by molar-refractivity contribution is -0.729. The molecular formula is C28H24N3O7S+. The Bertz CT molecular complexity index is 1800. The second kappa shape index (κ2) is 10.5. The van der Waals surface area contributed by atoms with E-state index in [0.717, 1.165) is 0 Å². The van der Waals surface area contributed by atoms with Gasteiger partial charge in [-0.25, -0.2) is 15.0 Å². The summed E-state index contributed by atoms with van der Waals surface area (Å²) in [6.07, 6.45) is 1.62. The van der Waals surface area contributed by atoms with Crippen LogP contribution in [0.5, 0.6) is 5.75 Å². The molecule has 1 N–H and O–H groups in total. The summed E-state index contributed by atoms with van der Waals surface area (Å²) in [5.74, 6) is 0.925. The number of aromatic nitrogens is 1. The summed E-state index contributed by atoms with van der Waals surface area (Å²) in [6.45, 7) is 3.62. The summed E-state index contributed by atoms with van der Waals surface area (Å²) in [5, 5.41) is 9.04. The summed E-state index contributed by atoms with van der Waals surface area (Å²) >= 11 is 1.18. The molecule has 0 spiro atoms. The maximum Gasteiger partial charge on any atom is 0.338 e. The van der Waals surface area contributed by atoms with Crippen LogP contribution in [0.25, 0.3) is 17.4 Å². The summed E-state index contributed by atoms with van der Waals surface area (Å²) in [6, 6.07) is 16.1. The molecule has 1 aliphatic rings. The van der Waals surface area contributed by atoms with E-state index < -0.39 is 12.0 Å². The predicted molar refractivity (Wildman–Crippen MR) is 143 cm³/mol. The molecule has 1 aliphatic heterocycles. The van der Waals surface area contributed by atoms with Crippen LogP contribution in [-0.4, -0.2) is 34.4 Å². The van der Waals surface area contributed by atoms with Gasteiger partial charge in [0.05, 0.1) is 34.4 Å². The normalized spacial score (nSPS) is 15.1. The number of nitrogens with zero attached hydrogens (tertiary/aromatic N) is 3. The molecule has 0 fully saturated rings. The van der Waals surface area contributed by atoms with Crippen LogP contribution in [0.15, 0.2) is 86.1 Å². The summed E-state index contributed by atoms with van der Waals surface area (Å²) < 4.78 is 18.7. The average molecular weight is 547 g/mol. The highest BCUT2D eigenvalue weighted by Crippen LogP contribution is 2.35. The number of rotatable bonds is 7. The van der Waals surface area contributed by atoms with E-state index in [2.05, 4.69) is 4.99 Å². The molecule has 1 unspecified atom stereocenters. The van der Waals surface area contributed by atoms with Gasteiger partial charge in [-0.05, 0) is 44.2 Å². The first kappa shape index (κ1) is 25.9. The molecule has 5 rings (SSSR count). The fourth-order valence-electron chi connectivity index (χ4n) is 4.45. The number of fused-ring (bicyclic) bond motifs is 1. The molecular weight excluding hydrogens is 522 g/mol. The number of hydrogen-bond acceptors (Lipinski definition) is 8. The van der Waals surface area contributed by atoms with Crippen LogP contribution in [0.1, 0.15) is 31.2 Å². The number of carbonyl (C=O) groups is 1. The van der Waals surface area contributed by atoms with E-state index in [1.807, 2.05) is 18.2 Å². The molecule has 0 saturated carbocycles. The summed E-state index contributed by atoms with van der Waals surface area (Å²) in [7, 11) is 1.53. The summed E-state index contributed by atoms with van der Waals surface area (Å²) in [5.41, 5.74) is 1.79. The van der Waals surface area contributed by atoms with Gasteiger partial charge in [0, 0.05) is 29.3 Å². The van der Waals surface area contributed by atoms with Gasteiger partial charge < -0.3 is 13.9 Å². The van der Waals surface area contributed by atoms with E-state index >= 15 is 0 Å². The zero-order valence-corrected chi connectivity index (χ0v) is 22.1. The van der Waals surface area contributed by atoms with E-state index in [1.165, 1.54) is 35.1 Å². The predicted octanol–water partition coefficient (Wildman–Crippen LogP) is 3.87. The topological polar surface area (TPSA) is 123 Å². The van der Waals surface area contributed by atoms with Gasteiger partial charge in [-0.2, -0.15) is 0 Å². The van der Waals surface area contributed by atoms with Crippen molar-refractivity contribution in [2.24, 2.45) is 4.99 Å². The highest BCUT2D eigenvalue weighted by atomic mass is 32.1. The third kappa shape index (κ3) is 4.79. The molecule has 1 atom stereocenters. The van der Waals surface area contributed by atoms with E-state index in [-0.39, 0.29) is 28.3 Å². The van der Waals surface area contributed by atoms with Gasteiger partial charge in [-0.1, -0.05) is 29.5 Å². The largest absolute Gasteiger partial charge is 0.496 e. The number of benzene rings is 2. The van der Waals surface area contributed by atoms with Crippen LogP contribution < -0.4 is 19.6 Å². The lowest BCUT2D eigenvalue weighted by atomic mass is 9.95. The van der Waals surface area contributed by atoms with Crippen LogP contribution >= 0.6 is 11.3 Å². The van der Waals surface area contributed by atoms with Crippen LogP contribution in [0.3, 0.4) is 0 Å². The van der Waals surface area contributed by atoms with E-state index in [9.17, 15) is 14.5 Å². The lowest BCUT2D eigenvalue weighted by Crippen LogP contribution is -2.40. The van der Waals surface area contributed by atoms with Crippen molar-refractivity contribution in [3.63, 3.8) is 0 Å². The maximum atomic E-state index is 13.8. The second-order valence-electron chi connectivity index (χ2n) is 8.57. The zero-order chi connectivity index (χ0) is 27.7. The molecule has 39 heavy (non-hydrogen) atoms. The number of allylic oxidation sites excluding steroid dienone is 1. The fourth-order valence-corrected chi connectivity index (χ4v) is 5.47. The number of esters is 1. The Morgan fingerprint density at radius 1 is 1.18 bits per heavy atom. The van der Waals surface area contributed by atoms with Crippen molar-refractivity contribution in [2.45, 2.75) is 19.9 Å². The van der Waals surface area contributed by atoms with Crippen LogP contribution in [0.4, 0.5) is 5.69 Å². The minimum absolute atomic E-state index is 0.0914. The molecule has 0 aliphatic carbocycles. The van der Waals surface area contributed by atoms with Gasteiger partial charge in [0.1, 0.15) is 23.3 Å². The number of ether oxygens (including phenoxy) is 2. The Morgan fingerprint density at radius 2 is 1.92 bits per heavy atom. The van der Waals surface area contributed by atoms with Crippen molar-refractivity contribution in [3.8, 4) is 17.1 Å². The number of furan rings is 1. The minimum Gasteiger partial charge on any atom is -0.496 e. The second-order valence-corrected chi connectivity index (χ2v) is 9.58. The van der Waals surface area contributed by atoms with Crippen LogP contribution in [0.2, 0.25) is 0 Å². The SMILES string of the molecule is CCOC(=O)C1=C(C)N=c2s/c(=C/c3ccc(-c4ccc([N+](=O)O)cc4)o3)c(=O)n2C1c1ccccc1OC. The molecule has 11 heteroatoms. The fraction of sp³-hybridized carbons (Fsp3) is 0.179. The highest BCUT2D eigenvalue weighted by Gasteiger charge is 2.35. The third-order valence-corrected chi connectivity index (χ3v) is 7.21. The molecule has 0 bridgehead atoms. The Hall–Kier alpha value is -4.77. The molecule has 2 aromatic heterocycles. The highest BCUT2D eigenvalue weighted by molar-refractivity contribution is 7.07. The Kier molecular flexibility index (Phi) is 6.99. The molecule has 0 saturated heterocycles. The maximum absolute atomic E-state index is 13.8. The van der Waals surface area contributed by atoms with Crippen LogP contribution in [-0.2, 0) is 9.53 Å². The number of methoxy groups -OCH3 is 1. The summed E-state index contributed by atoms with van der Waals surface area (Å²) in [4.78, 5) is 42.7. The Labute approximate surface area is 225 Å². The minimum atomic E-state index is -0.795. The van der Waals surface area contributed by atoms with Gasteiger partial charge in [-0.3, -0.25) is 9.36 Å². The van der Waals surface area contributed by atoms with Crippen LogP contribution in [0, 0.1) is 4.91 Å². The molecule has 0 radical (unpaired) electrons. The monoisotopic (exact) mass is 546 g/mol. The molecule has 10 nitrogen and oxygen atoms in total. The average Bonchev–Trinajstić information content (AvgIpc) is 3.52. The number of thiazole rings is 1. The van der Waals surface area contributed by atoms with Crippen molar-refractivity contribution in [1.82, 2.24) is 4.57 Å². The van der Waals surface area contributed by atoms with Crippen molar-refractivity contribution >= 4 is 29.1 Å². The zero-order valence-electron chi connectivity index (χ0n) is 21.3. The van der Waals surface area contributed by atoms with Gasteiger partial charge in [0.2, 0.25) is 0 Å². The van der Waals surface area contributed by atoms with Crippen molar-refractivity contribution in [1.29, 1.82) is 0 Å². The quantitative estimate of drug-likeness (QED) is 0.276. The van der Waals surface area contributed by atoms with Gasteiger partial charge in [-0.15, -0.1) is 0 Å². The lowest BCUT2D eigenvalue weighted by Gasteiger charge is -2.25. The molecule has 0 amide bonds. The number of para-hydroxylation sites is 1. The van der Waals surface area contributed by atoms with Crippen molar-refractivity contribution in [2.75, 3.05) is 13.7 Å². The van der Waals surface area contributed by atoms with Gasteiger partial charge >= 0.3 is 11.7 Å². The van der Waals surface area contributed by atoms with Crippen molar-refractivity contribution in [3.05, 3.63) is 108 Å². The number of hydrogen-bond donors (Lipinski definition) is 1.